The van der Waals surface area contributed by atoms with Crippen molar-refractivity contribution in [3.05, 3.63) is 46.5 Å². The van der Waals surface area contributed by atoms with Gasteiger partial charge in [0, 0.05) is 22.3 Å². The van der Waals surface area contributed by atoms with Crippen LogP contribution in [-0.2, 0) is 21.7 Å². The molecule has 43 heavy (non-hydrogen) atoms. The van der Waals surface area contributed by atoms with Crippen molar-refractivity contribution in [1.82, 2.24) is 0 Å². The average Bonchev–Trinajstić information content (AvgIpc) is 2.86. The van der Waals surface area contributed by atoms with E-state index in [9.17, 15) is 10.2 Å². The molecule has 0 aliphatic carbocycles. The summed E-state index contributed by atoms with van der Waals surface area (Å²) in [5, 5.41) is 22.5. The molecule has 0 fully saturated rings. The zero-order valence-electron chi connectivity index (χ0n) is 30.2. The van der Waals surface area contributed by atoms with Crippen LogP contribution >= 0.6 is 0 Å². The van der Waals surface area contributed by atoms with E-state index in [1.807, 2.05) is 0 Å². The summed E-state index contributed by atoms with van der Waals surface area (Å²) in [5.74, 6) is 2.44. The van der Waals surface area contributed by atoms with Crippen LogP contribution in [-0.4, -0.2) is 30.7 Å². The Bertz CT molecular complexity index is 1040. The first-order valence-corrected chi connectivity index (χ1v) is 19.4. The van der Waals surface area contributed by atoms with E-state index in [-0.39, 0.29) is 21.7 Å². The normalized spacial score (nSPS) is 13.3. The van der Waals surface area contributed by atoms with Crippen molar-refractivity contribution in [3.63, 3.8) is 0 Å². The lowest BCUT2D eigenvalue weighted by Crippen LogP contribution is -2.48. The summed E-state index contributed by atoms with van der Waals surface area (Å²) in [5.41, 5.74) is 2.87. The van der Waals surface area contributed by atoms with Gasteiger partial charge in [-0.15, -0.1) is 0 Å². The maximum atomic E-state index is 11.2. The highest BCUT2D eigenvalue weighted by Crippen LogP contribution is 2.43. The molecule has 5 heteroatoms. The molecule has 4 nitrogen and oxygen atoms in total. The maximum Gasteiger partial charge on any atom is 0.142 e. The number of hydrogen-bond donors (Lipinski definition) is 2. The van der Waals surface area contributed by atoms with Crippen molar-refractivity contribution in [1.29, 1.82) is 0 Å². The SMILES string of the molecule is CCCC[Si](CCCC)(COc1cc(C(C)(C)C)c(O)c(C(C)(C)C)c1)COc1cc(C(C)(C)C)c(O)c(C(C)(C)C)c1. The van der Waals surface area contributed by atoms with Gasteiger partial charge in [0.25, 0.3) is 0 Å². The van der Waals surface area contributed by atoms with Crippen LogP contribution in [0.5, 0.6) is 23.0 Å². The molecule has 0 aromatic heterocycles. The number of unbranched alkanes of at least 4 members (excludes halogenated alkanes) is 2. The Balaban J connectivity index is 2.56. The summed E-state index contributed by atoms with van der Waals surface area (Å²) in [6.45, 7) is 30.2. The van der Waals surface area contributed by atoms with Crippen LogP contribution in [0, 0.1) is 0 Å². The van der Waals surface area contributed by atoms with E-state index in [2.05, 4.69) is 121 Å². The molecule has 0 saturated heterocycles. The van der Waals surface area contributed by atoms with Gasteiger partial charge in [-0.3, -0.25) is 0 Å². The number of aromatic hydroxyl groups is 2. The summed E-state index contributed by atoms with van der Waals surface area (Å²) in [6, 6.07) is 10.5. The van der Waals surface area contributed by atoms with Gasteiger partial charge in [-0.1, -0.05) is 135 Å². The van der Waals surface area contributed by atoms with E-state index < -0.39 is 8.07 Å². The molecule has 2 N–H and O–H groups in total. The van der Waals surface area contributed by atoms with E-state index in [0.29, 0.717) is 24.0 Å². The van der Waals surface area contributed by atoms with Crippen molar-refractivity contribution in [2.24, 2.45) is 0 Å². The van der Waals surface area contributed by atoms with Crippen LogP contribution in [0.25, 0.3) is 0 Å². The summed E-state index contributed by atoms with van der Waals surface area (Å²) < 4.78 is 13.6. The van der Waals surface area contributed by atoms with Crippen LogP contribution in [0.4, 0.5) is 0 Å². The highest BCUT2D eigenvalue weighted by Gasteiger charge is 2.36. The maximum absolute atomic E-state index is 11.2. The fraction of sp³-hybridized carbons (Fsp3) is 0.684. The molecule has 0 saturated carbocycles. The van der Waals surface area contributed by atoms with Gasteiger partial charge < -0.3 is 19.7 Å². The van der Waals surface area contributed by atoms with Gasteiger partial charge in [0.05, 0.1) is 12.5 Å². The fourth-order valence-corrected chi connectivity index (χ4v) is 9.76. The van der Waals surface area contributed by atoms with Crippen LogP contribution < -0.4 is 9.47 Å². The first kappa shape index (κ1) is 37.0. The smallest absolute Gasteiger partial charge is 0.142 e. The van der Waals surface area contributed by atoms with Crippen molar-refractivity contribution in [2.75, 3.05) is 12.5 Å². The second kappa shape index (κ2) is 13.9. The quantitative estimate of drug-likeness (QED) is 0.234. The second-order valence-electron chi connectivity index (χ2n) is 17.0. The molecule has 0 aliphatic heterocycles. The number of phenolic OH excluding ortho intramolecular Hbond substituents is 2. The first-order valence-electron chi connectivity index (χ1n) is 16.6. The molecule has 0 heterocycles. The molecular weight excluding hydrogens is 549 g/mol. The minimum absolute atomic E-state index is 0.208. The zero-order chi connectivity index (χ0) is 33.0. The molecule has 0 unspecified atom stereocenters. The molecule has 0 radical (unpaired) electrons. The largest absolute Gasteiger partial charge is 0.507 e. The molecule has 2 rings (SSSR count). The van der Waals surface area contributed by atoms with Crippen molar-refractivity contribution in [3.8, 4) is 23.0 Å². The Morgan fingerprint density at radius 1 is 0.512 bits per heavy atom. The summed E-state index contributed by atoms with van der Waals surface area (Å²) in [6.07, 6.45) is 5.97. The topological polar surface area (TPSA) is 58.9 Å². The van der Waals surface area contributed by atoms with E-state index in [1.54, 1.807) is 0 Å². The zero-order valence-corrected chi connectivity index (χ0v) is 31.2. The van der Waals surface area contributed by atoms with Crippen LogP contribution in [0.3, 0.4) is 0 Å². The lowest BCUT2D eigenvalue weighted by Gasteiger charge is -2.33. The van der Waals surface area contributed by atoms with E-state index in [0.717, 1.165) is 71.5 Å². The van der Waals surface area contributed by atoms with E-state index in [4.69, 9.17) is 9.47 Å². The number of rotatable bonds is 12. The van der Waals surface area contributed by atoms with Gasteiger partial charge in [-0.05, 0) is 45.9 Å². The fourth-order valence-electron chi connectivity index (χ4n) is 5.70. The molecule has 0 bridgehead atoms. The van der Waals surface area contributed by atoms with Gasteiger partial charge in [0.1, 0.15) is 31.1 Å². The monoisotopic (exact) mass is 612 g/mol. The van der Waals surface area contributed by atoms with Crippen molar-refractivity contribution >= 4 is 8.07 Å². The second-order valence-corrected chi connectivity index (χ2v) is 21.6. The van der Waals surface area contributed by atoms with Crippen molar-refractivity contribution in [2.45, 2.75) is 156 Å². The highest BCUT2D eigenvalue weighted by atomic mass is 28.3. The number of ether oxygens (including phenoxy) is 2. The molecule has 0 atom stereocenters. The van der Waals surface area contributed by atoms with Gasteiger partial charge >= 0.3 is 0 Å². The third-order valence-electron chi connectivity index (χ3n) is 8.61. The summed E-state index contributed by atoms with van der Waals surface area (Å²) in [7, 11) is -2.05. The Morgan fingerprint density at radius 2 is 0.767 bits per heavy atom. The van der Waals surface area contributed by atoms with Crippen LogP contribution in [0.15, 0.2) is 24.3 Å². The Hall–Kier alpha value is -2.14. The molecule has 0 spiro atoms. The molecule has 0 aliphatic rings. The Kier molecular flexibility index (Phi) is 12.0. The van der Waals surface area contributed by atoms with Crippen LogP contribution in [0.1, 0.15) is 145 Å². The average molecular weight is 613 g/mol. The van der Waals surface area contributed by atoms with Gasteiger partial charge in [-0.2, -0.15) is 0 Å². The Morgan fingerprint density at radius 3 is 0.977 bits per heavy atom. The first-order chi connectivity index (χ1) is 19.6. The minimum Gasteiger partial charge on any atom is -0.507 e. The lowest BCUT2D eigenvalue weighted by molar-refractivity contribution is 0.333. The van der Waals surface area contributed by atoms with Crippen LogP contribution in [0.2, 0.25) is 12.1 Å². The molecule has 0 amide bonds. The Labute approximate surface area is 265 Å². The highest BCUT2D eigenvalue weighted by molar-refractivity contribution is 6.79. The minimum atomic E-state index is -2.05. The number of phenols is 2. The molecule has 2 aromatic carbocycles. The predicted molar refractivity (Wildman–Crippen MR) is 187 cm³/mol. The van der Waals surface area contributed by atoms with E-state index in [1.165, 1.54) is 0 Å². The summed E-state index contributed by atoms with van der Waals surface area (Å²) >= 11 is 0. The molecule has 244 valence electrons. The van der Waals surface area contributed by atoms with Gasteiger partial charge in [0.15, 0.2) is 0 Å². The predicted octanol–water partition coefficient (Wildman–Crippen LogP) is 10.9. The standard InChI is InChI=1S/C38H64O4Si/c1-15-17-19-43(20-18-16-2,25-41-27-21-29(35(3,4)5)33(39)30(22-27)36(6,7)8)26-42-28-23-31(37(9,10)11)34(40)32(24-28)38(12,13)14/h21-24,39-40H,15-20,25-26H2,1-14H3. The number of hydrogen-bond acceptors (Lipinski definition) is 4. The summed E-state index contributed by atoms with van der Waals surface area (Å²) in [4.78, 5) is 0. The molecule has 2 aromatic rings. The third kappa shape index (κ3) is 9.93. The van der Waals surface area contributed by atoms with Gasteiger partial charge in [-0.25, -0.2) is 0 Å². The lowest BCUT2D eigenvalue weighted by atomic mass is 9.79. The number of benzene rings is 2. The molecular formula is C38H64O4Si. The third-order valence-corrected chi connectivity index (χ3v) is 13.0. The van der Waals surface area contributed by atoms with Gasteiger partial charge in [0.2, 0.25) is 0 Å². The van der Waals surface area contributed by atoms with E-state index >= 15 is 0 Å². The van der Waals surface area contributed by atoms with Crippen molar-refractivity contribution < 1.29 is 19.7 Å².